The van der Waals surface area contributed by atoms with Crippen molar-refractivity contribution in [3.05, 3.63) is 30.7 Å². The molecule has 1 saturated heterocycles. The molecule has 0 bridgehead atoms. The first kappa shape index (κ1) is 17.1. The van der Waals surface area contributed by atoms with Gasteiger partial charge in [-0.2, -0.15) is 18.3 Å². The molecule has 1 N–H and O–H groups in total. The standard InChI is InChI=1S/C15H16F3N5O2/c1-22-8-11(7-20-22)23-5-4-12(14(23)24)21-10-2-3-13(19-6-10)25-9-15(16,17)18/h2-3,6-8,12,21H,4-5,9H2,1H3. The summed E-state index contributed by atoms with van der Waals surface area (Å²) in [5, 5.41) is 7.09. The van der Waals surface area contributed by atoms with Crippen molar-refractivity contribution in [2.75, 3.05) is 23.4 Å². The van der Waals surface area contributed by atoms with Crippen LogP contribution in [0, 0.1) is 0 Å². The lowest BCUT2D eigenvalue weighted by Crippen LogP contribution is -2.33. The molecule has 1 amide bonds. The number of carbonyl (C=O) groups is 1. The number of carbonyl (C=O) groups excluding carboxylic acids is 1. The summed E-state index contributed by atoms with van der Waals surface area (Å²) in [5.41, 5.74) is 1.26. The number of ether oxygens (including phenoxy) is 1. The highest BCUT2D eigenvalue weighted by atomic mass is 19.4. The fourth-order valence-corrected chi connectivity index (χ4v) is 2.53. The van der Waals surface area contributed by atoms with Crippen LogP contribution in [0.3, 0.4) is 0 Å². The summed E-state index contributed by atoms with van der Waals surface area (Å²) in [4.78, 5) is 17.9. The molecule has 10 heteroatoms. The lowest BCUT2D eigenvalue weighted by atomic mass is 10.2. The number of hydrogen-bond acceptors (Lipinski definition) is 5. The van der Waals surface area contributed by atoms with Crippen molar-refractivity contribution in [3.63, 3.8) is 0 Å². The maximum absolute atomic E-state index is 12.5. The second-order valence-corrected chi connectivity index (χ2v) is 5.64. The Labute approximate surface area is 141 Å². The fourth-order valence-electron chi connectivity index (χ4n) is 2.53. The van der Waals surface area contributed by atoms with Gasteiger partial charge in [0.15, 0.2) is 6.61 Å². The summed E-state index contributed by atoms with van der Waals surface area (Å²) in [7, 11) is 1.77. The highest BCUT2D eigenvalue weighted by Gasteiger charge is 2.33. The quantitative estimate of drug-likeness (QED) is 0.888. The third kappa shape index (κ3) is 4.20. The van der Waals surface area contributed by atoms with E-state index in [0.29, 0.717) is 18.7 Å². The molecule has 7 nitrogen and oxygen atoms in total. The first-order valence-corrected chi connectivity index (χ1v) is 7.54. The number of aromatic nitrogens is 3. The molecule has 134 valence electrons. The molecule has 25 heavy (non-hydrogen) atoms. The van der Waals surface area contributed by atoms with Crippen LogP contribution >= 0.6 is 0 Å². The van der Waals surface area contributed by atoms with Crippen LogP contribution in [0.2, 0.25) is 0 Å². The lowest BCUT2D eigenvalue weighted by molar-refractivity contribution is -0.154. The summed E-state index contributed by atoms with van der Waals surface area (Å²) < 4.78 is 42.5. The van der Waals surface area contributed by atoms with Crippen molar-refractivity contribution in [3.8, 4) is 5.88 Å². The summed E-state index contributed by atoms with van der Waals surface area (Å²) in [6, 6.07) is 2.43. The number of hydrogen-bond donors (Lipinski definition) is 1. The molecule has 1 atom stereocenters. The number of anilines is 2. The third-order valence-electron chi connectivity index (χ3n) is 3.67. The first-order valence-electron chi connectivity index (χ1n) is 7.54. The number of aryl methyl sites for hydroxylation is 1. The summed E-state index contributed by atoms with van der Waals surface area (Å²) >= 11 is 0. The van der Waals surface area contributed by atoms with E-state index in [1.165, 1.54) is 18.3 Å². The van der Waals surface area contributed by atoms with E-state index in [4.69, 9.17) is 0 Å². The topological polar surface area (TPSA) is 72.3 Å². The van der Waals surface area contributed by atoms with Crippen LogP contribution in [0.15, 0.2) is 30.7 Å². The lowest BCUT2D eigenvalue weighted by Gasteiger charge is -2.16. The highest BCUT2D eigenvalue weighted by molar-refractivity contribution is 6.00. The minimum atomic E-state index is -4.41. The van der Waals surface area contributed by atoms with E-state index in [9.17, 15) is 18.0 Å². The normalized spacial score (nSPS) is 17.8. The van der Waals surface area contributed by atoms with Gasteiger partial charge < -0.3 is 15.0 Å². The Morgan fingerprint density at radius 1 is 1.36 bits per heavy atom. The van der Waals surface area contributed by atoms with E-state index in [2.05, 4.69) is 20.1 Å². The zero-order valence-corrected chi connectivity index (χ0v) is 13.3. The molecule has 3 rings (SSSR count). The van der Waals surface area contributed by atoms with Crippen LogP contribution in [-0.2, 0) is 11.8 Å². The van der Waals surface area contributed by atoms with E-state index in [1.54, 1.807) is 29.0 Å². The van der Waals surface area contributed by atoms with Gasteiger partial charge in [-0.1, -0.05) is 0 Å². The van der Waals surface area contributed by atoms with Crippen LogP contribution in [0.5, 0.6) is 5.88 Å². The number of amides is 1. The number of nitrogens with one attached hydrogen (secondary N) is 1. The summed E-state index contributed by atoms with van der Waals surface area (Å²) in [5.74, 6) is -0.219. The monoisotopic (exact) mass is 355 g/mol. The number of alkyl halides is 3. The predicted molar refractivity (Wildman–Crippen MR) is 83.4 cm³/mol. The molecule has 0 saturated carbocycles. The maximum Gasteiger partial charge on any atom is 0.422 e. The van der Waals surface area contributed by atoms with Crippen LogP contribution in [-0.4, -0.2) is 46.0 Å². The molecule has 1 unspecified atom stereocenters. The van der Waals surface area contributed by atoms with Gasteiger partial charge in [0, 0.05) is 25.9 Å². The first-order chi connectivity index (χ1) is 11.8. The fraction of sp³-hybridized carbons (Fsp3) is 0.400. The second-order valence-electron chi connectivity index (χ2n) is 5.64. The van der Waals surface area contributed by atoms with Crippen LogP contribution in [0.1, 0.15) is 6.42 Å². The van der Waals surface area contributed by atoms with Crippen LogP contribution < -0.4 is 15.0 Å². The Kier molecular flexibility index (Phi) is 4.51. The predicted octanol–water partition coefficient (Wildman–Crippen LogP) is 1.97. The van der Waals surface area contributed by atoms with Crippen molar-refractivity contribution in [2.24, 2.45) is 7.05 Å². The van der Waals surface area contributed by atoms with E-state index in [-0.39, 0.29) is 11.8 Å². The molecular weight excluding hydrogens is 339 g/mol. The van der Waals surface area contributed by atoms with Crippen molar-refractivity contribution < 1.29 is 22.7 Å². The molecule has 2 aromatic rings. The molecule has 1 aliphatic heterocycles. The molecule has 3 heterocycles. The maximum atomic E-state index is 12.5. The minimum absolute atomic E-state index is 0.0922. The van der Waals surface area contributed by atoms with Gasteiger partial charge in [0.2, 0.25) is 11.8 Å². The Bertz CT molecular complexity index is 744. The van der Waals surface area contributed by atoms with E-state index in [0.717, 1.165) is 5.69 Å². The van der Waals surface area contributed by atoms with E-state index in [1.807, 2.05) is 0 Å². The molecule has 1 aliphatic rings. The number of rotatable bonds is 5. The zero-order chi connectivity index (χ0) is 18.0. The van der Waals surface area contributed by atoms with Gasteiger partial charge in [-0.05, 0) is 12.5 Å². The van der Waals surface area contributed by atoms with Gasteiger partial charge in [-0.15, -0.1) is 0 Å². The second kappa shape index (κ2) is 6.61. The van der Waals surface area contributed by atoms with E-state index < -0.39 is 18.8 Å². The van der Waals surface area contributed by atoms with Crippen molar-refractivity contribution in [2.45, 2.75) is 18.6 Å². The van der Waals surface area contributed by atoms with Gasteiger partial charge in [0.1, 0.15) is 6.04 Å². The highest BCUT2D eigenvalue weighted by Crippen LogP contribution is 2.24. The van der Waals surface area contributed by atoms with Crippen LogP contribution in [0.4, 0.5) is 24.5 Å². The van der Waals surface area contributed by atoms with Crippen molar-refractivity contribution >= 4 is 17.3 Å². The van der Waals surface area contributed by atoms with Crippen molar-refractivity contribution in [1.82, 2.24) is 14.8 Å². The summed E-state index contributed by atoms with van der Waals surface area (Å²) in [6.45, 7) is -0.837. The molecule has 1 fully saturated rings. The number of nitrogens with zero attached hydrogens (tertiary/aromatic N) is 4. The molecule has 0 aliphatic carbocycles. The Balaban J connectivity index is 1.58. The average Bonchev–Trinajstić information content (AvgIpc) is 3.13. The van der Waals surface area contributed by atoms with Gasteiger partial charge in [0.05, 0.1) is 23.8 Å². The Morgan fingerprint density at radius 3 is 2.76 bits per heavy atom. The Hall–Kier alpha value is -2.78. The van der Waals surface area contributed by atoms with Gasteiger partial charge in [-0.25, -0.2) is 4.98 Å². The van der Waals surface area contributed by atoms with Crippen LogP contribution in [0.25, 0.3) is 0 Å². The molecule has 0 radical (unpaired) electrons. The van der Waals surface area contributed by atoms with E-state index >= 15 is 0 Å². The minimum Gasteiger partial charge on any atom is -0.468 e. The average molecular weight is 355 g/mol. The van der Waals surface area contributed by atoms with Crippen molar-refractivity contribution in [1.29, 1.82) is 0 Å². The zero-order valence-electron chi connectivity index (χ0n) is 13.3. The largest absolute Gasteiger partial charge is 0.468 e. The molecular formula is C15H16F3N5O2. The smallest absolute Gasteiger partial charge is 0.422 e. The third-order valence-corrected chi connectivity index (χ3v) is 3.67. The van der Waals surface area contributed by atoms with Gasteiger partial charge in [-0.3, -0.25) is 9.48 Å². The summed E-state index contributed by atoms with van der Waals surface area (Å²) in [6.07, 6.45) is 0.902. The number of pyridine rings is 1. The van der Waals surface area contributed by atoms with Gasteiger partial charge in [0.25, 0.3) is 0 Å². The SMILES string of the molecule is Cn1cc(N2CCC(Nc3ccc(OCC(F)(F)F)nc3)C2=O)cn1. The van der Waals surface area contributed by atoms with Gasteiger partial charge >= 0.3 is 6.18 Å². The molecule has 0 spiro atoms. The number of halogens is 3. The molecule has 0 aromatic carbocycles. The molecule has 2 aromatic heterocycles. The Morgan fingerprint density at radius 2 is 2.16 bits per heavy atom.